The van der Waals surface area contributed by atoms with Crippen LogP contribution in [0.3, 0.4) is 0 Å². The molecule has 5 aromatic heterocycles. The van der Waals surface area contributed by atoms with E-state index in [1.165, 1.54) is 90.0 Å². The van der Waals surface area contributed by atoms with Crippen LogP contribution in [0.25, 0.3) is 55.7 Å². The van der Waals surface area contributed by atoms with Crippen molar-refractivity contribution >= 4 is 33.5 Å². The molecule has 0 radical (unpaired) electrons. The maximum absolute atomic E-state index is 4.78. The highest BCUT2D eigenvalue weighted by molar-refractivity contribution is 5.94. The second kappa shape index (κ2) is 23.5. The van der Waals surface area contributed by atoms with Crippen molar-refractivity contribution in [2.24, 2.45) is 11.8 Å². The summed E-state index contributed by atoms with van der Waals surface area (Å²) in [5.41, 5.74) is 27.8. The lowest BCUT2D eigenvalue weighted by molar-refractivity contribution is 0.592. The molecule has 0 saturated heterocycles. The SMILES string of the molecule is C.CC.CC.CCC1CCc2cc(-c3cnc4c(c3)CNCC4)ccc2C(C)=C1c1cc(C)nc(C)c1.CCC1CCc2cc(-c3cnc4nc(C)[nH]c4c3)ccc2C(C)=C1c1cc(C)nc(C)c1. The predicted octanol–water partition coefficient (Wildman–Crippen LogP) is 15.8. The molecule has 0 amide bonds. The van der Waals surface area contributed by atoms with Gasteiger partial charge in [0.1, 0.15) is 5.82 Å². The Bertz CT molecular complexity index is 2930. The number of H-pyrrole nitrogens is 1. The largest absolute Gasteiger partial charge is 0.341 e. The highest BCUT2D eigenvalue weighted by Crippen LogP contribution is 2.44. The van der Waals surface area contributed by atoms with Gasteiger partial charge in [-0.3, -0.25) is 15.0 Å². The van der Waals surface area contributed by atoms with Crippen molar-refractivity contribution < 1.29 is 0 Å². The Hall–Kier alpha value is -6.05. The number of aromatic amines is 1. The Morgan fingerprint density at radius 1 is 0.507 bits per heavy atom. The van der Waals surface area contributed by atoms with Gasteiger partial charge >= 0.3 is 0 Å². The number of fused-ring (bicyclic) bond motifs is 4. The number of allylic oxidation sites excluding steroid dienone is 4. The van der Waals surface area contributed by atoms with E-state index in [9.17, 15) is 0 Å². The third-order valence-corrected chi connectivity index (χ3v) is 14.0. The summed E-state index contributed by atoms with van der Waals surface area (Å²) >= 11 is 0. The van der Waals surface area contributed by atoms with E-state index in [0.717, 1.165) is 96.9 Å². The molecule has 7 aromatic rings. The first-order valence-electron chi connectivity index (χ1n) is 25.6. The van der Waals surface area contributed by atoms with Crippen LogP contribution in [0.15, 0.2) is 85.2 Å². The number of benzene rings is 2. The first kappa shape index (κ1) is 52.3. The molecule has 1 aliphatic heterocycles. The summed E-state index contributed by atoms with van der Waals surface area (Å²) in [5, 5.41) is 3.47. The average molecular weight is 922 g/mol. The number of hydrogen-bond donors (Lipinski definition) is 2. The lowest BCUT2D eigenvalue weighted by atomic mass is 9.84. The highest BCUT2D eigenvalue weighted by Gasteiger charge is 2.26. The third kappa shape index (κ3) is 11.5. The van der Waals surface area contributed by atoms with Crippen LogP contribution in [0.2, 0.25) is 0 Å². The molecule has 7 nitrogen and oxygen atoms in total. The second-order valence-corrected chi connectivity index (χ2v) is 18.6. The van der Waals surface area contributed by atoms with Crippen molar-refractivity contribution in [3.05, 3.63) is 158 Å². The van der Waals surface area contributed by atoms with Gasteiger partial charge in [0.15, 0.2) is 5.65 Å². The number of pyridine rings is 4. The van der Waals surface area contributed by atoms with Gasteiger partial charge in [-0.25, -0.2) is 9.97 Å². The monoisotopic (exact) mass is 922 g/mol. The molecule has 0 spiro atoms. The quantitative estimate of drug-likeness (QED) is 0.173. The summed E-state index contributed by atoms with van der Waals surface area (Å²) in [6, 6.07) is 27.5. The Balaban J connectivity index is 0.000000209. The zero-order valence-electron chi connectivity index (χ0n) is 43.3. The van der Waals surface area contributed by atoms with Crippen molar-refractivity contribution in [3.63, 3.8) is 0 Å². The summed E-state index contributed by atoms with van der Waals surface area (Å²) in [5.74, 6) is 2.02. The van der Waals surface area contributed by atoms with E-state index in [0.29, 0.717) is 11.8 Å². The summed E-state index contributed by atoms with van der Waals surface area (Å²) in [6.07, 6.45) is 11.9. The summed E-state index contributed by atoms with van der Waals surface area (Å²) < 4.78 is 0. The van der Waals surface area contributed by atoms with Crippen LogP contribution >= 0.6 is 0 Å². The van der Waals surface area contributed by atoms with Crippen LogP contribution in [0.4, 0.5) is 0 Å². The predicted molar refractivity (Wildman–Crippen MR) is 295 cm³/mol. The maximum Gasteiger partial charge on any atom is 0.177 e. The van der Waals surface area contributed by atoms with Crippen molar-refractivity contribution in [2.75, 3.05) is 6.54 Å². The van der Waals surface area contributed by atoms with Crippen LogP contribution in [-0.2, 0) is 25.8 Å². The van der Waals surface area contributed by atoms with Gasteiger partial charge in [-0.05, 0) is 208 Å². The molecule has 362 valence electrons. The van der Waals surface area contributed by atoms with Crippen molar-refractivity contribution in [1.82, 2.24) is 35.2 Å². The molecule has 3 aliphatic rings. The molecule has 0 saturated carbocycles. The van der Waals surface area contributed by atoms with E-state index in [-0.39, 0.29) is 7.43 Å². The Kier molecular flexibility index (Phi) is 17.8. The smallest absolute Gasteiger partial charge is 0.177 e. The lowest BCUT2D eigenvalue weighted by Gasteiger charge is -2.21. The molecule has 2 unspecified atom stereocenters. The number of aromatic nitrogens is 6. The van der Waals surface area contributed by atoms with Crippen LogP contribution in [0.1, 0.15) is 162 Å². The normalized spacial score (nSPS) is 16.2. The van der Waals surface area contributed by atoms with E-state index in [1.807, 2.05) is 40.8 Å². The van der Waals surface area contributed by atoms with Gasteiger partial charge in [-0.15, -0.1) is 0 Å². The lowest BCUT2D eigenvalue weighted by Crippen LogP contribution is -2.24. The number of hydrogen-bond acceptors (Lipinski definition) is 6. The highest BCUT2D eigenvalue weighted by atomic mass is 15.0. The zero-order valence-corrected chi connectivity index (χ0v) is 43.3. The van der Waals surface area contributed by atoms with E-state index in [4.69, 9.17) is 4.98 Å². The van der Waals surface area contributed by atoms with Crippen LogP contribution in [0.5, 0.6) is 0 Å². The average Bonchev–Trinajstić information content (AvgIpc) is 3.58. The molecule has 69 heavy (non-hydrogen) atoms. The van der Waals surface area contributed by atoms with Gasteiger partial charge in [0.05, 0.1) is 5.52 Å². The molecule has 10 rings (SSSR count). The molecule has 6 heterocycles. The van der Waals surface area contributed by atoms with E-state index in [2.05, 4.69) is 165 Å². The van der Waals surface area contributed by atoms with Crippen LogP contribution < -0.4 is 5.32 Å². The Labute approximate surface area is 414 Å². The van der Waals surface area contributed by atoms with Crippen molar-refractivity contribution in [1.29, 1.82) is 0 Å². The number of rotatable bonds is 6. The molecular formula is C62H79N7. The fourth-order valence-corrected chi connectivity index (χ4v) is 10.9. The van der Waals surface area contributed by atoms with Gasteiger partial charge in [-0.1, -0.05) is 85.4 Å². The fraction of sp³-hybridized carbons (Fsp3) is 0.403. The standard InChI is InChI=1S/C29H33N3.C28H30N4.2C2H6.CH4/c1-5-21-6-7-23-14-22(25-15-26-16-30-11-10-28(26)31-17-25)8-9-27(23)20(4)29(21)24-12-18(2)32-19(3)13-24;1-6-20-7-8-22-13-21(24-14-26-28(29-15-24)32-19(5)31-26)9-10-25(22)18(4)27(20)23-11-16(2)30-17(3)12-23;2*1-2;/h8-9,12-15,17,21,30H,5-7,10-11,16H2,1-4H3;9-15,20H,6-8H2,1-5H3,(H,29,31,32);2*1-2H3;1H4. The second-order valence-electron chi connectivity index (χ2n) is 18.6. The van der Waals surface area contributed by atoms with Gasteiger partial charge in [0.2, 0.25) is 0 Å². The van der Waals surface area contributed by atoms with E-state index < -0.39 is 0 Å². The third-order valence-electron chi connectivity index (χ3n) is 14.0. The van der Waals surface area contributed by atoms with Crippen molar-refractivity contribution in [3.8, 4) is 22.3 Å². The number of nitrogens with one attached hydrogen (secondary N) is 2. The molecular weight excluding hydrogens is 843 g/mol. The van der Waals surface area contributed by atoms with E-state index in [1.54, 1.807) is 0 Å². The molecule has 2 atom stereocenters. The van der Waals surface area contributed by atoms with E-state index >= 15 is 0 Å². The molecule has 0 fully saturated rings. The first-order valence-corrected chi connectivity index (χ1v) is 25.6. The minimum atomic E-state index is 0. The maximum atomic E-state index is 4.78. The van der Waals surface area contributed by atoms with Gasteiger partial charge in [-0.2, -0.15) is 0 Å². The Morgan fingerprint density at radius 2 is 0.971 bits per heavy atom. The number of nitrogens with zero attached hydrogens (tertiary/aromatic N) is 5. The fourth-order valence-electron chi connectivity index (χ4n) is 10.9. The molecule has 2 aromatic carbocycles. The zero-order chi connectivity index (χ0) is 48.6. The van der Waals surface area contributed by atoms with Crippen molar-refractivity contribution in [2.45, 2.75) is 149 Å². The number of aryl methyl sites for hydroxylation is 7. The molecule has 7 heteroatoms. The Morgan fingerprint density at radius 3 is 1.46 bits per heavy atom. The van der Waals surface area contributed by atoms with Gasteiger partial charge in [0, 0.05) is 71.5 Å². The summed E-state index contributed by atoms with van der Waals surface area (Å²) in [7, 11) is 0. The summed E-state index contributed by atoms with van der Waals surface area (Å²) in [6.45, 7) is 29.6. The van der Waals surface area contributed by atoms with Gasteiger partial charge < -0.3 is 10.3 Å². The molecule has 2 aliphatic carbocycles. The molecule has 0 bridgehead atoms. The van der Waals surface area contributed by atoms with Gasteiger partial charge in [0.25, 0.3) is 0 Å². The molecule has 2 N–H and O–H groups in total. The minimum Gasteiger partial charge on any atom is -0.341 e. The number of imidazole rings is 1. The minimum absolute atomic E-state index is 0. The topological polar surface area (TPSA) is 92.3 Å². The first-order chi connectivity index (χ1) is 33.0. The van der Waals surface area contributed by atoms with Crippen LogP contribution in [-0.4, -0.2) is 36.4 Å². The summed E-state index contributed by atoms with van der Waals surface area (Å²) in [4.78, 5) is 26.3. The van der Waals surface area contributed by atoms with Crippen LogP contribution in [0, 0.1) is 46.5 Å².